The highest BCUT2D eigenvalue weighted by molar-refractivity contribution is 5.85. The fraction of sp³-hybridized carbons (Fsp3) is 0.238. The van der Waals surface area contributed by atoms with Crippen LogP contribution in [-0.2, 0) is 12.7 Å². The Morgan fingerprint density at radius 2 is 1.93 bits per heavy atom. The lowest BCUT2D eigenvalue weighted by atomic mass is 10.1. The van der Waals surface area contributed by atoms with Crippen molar-refractivity contribution in [1.29, 1.82) is 0 Å². The molecule has 0 fully saturated rings. The molecule has 2 aromatic carbocycles. The summed E-state index contributed by atoms with van der Waals surface area (Å²) < 4.78 is 46.0. The van der Waals surface area contributed by atoms with Gasteiger partial charge in [0.15, 0.2) is 0 Å². The zero-order chi connectivity index (χ0) is 19.9. The van der Waals surface area contributed by atoms with Gasteiger partial charge in [-0.15, -0.1) is 0 Å². The van der Waals surface area contributed by atoms with Crippen LogP contribution in [0.1, 0.15) is 30.3 Å². The molecule has 4 rings (SSSR count). The molecule has 0 saturated heterocycles. The number of rotatable bonds is 3. The van der Waals surface area contributed by atoms with Gasteiger partial charge in [-0.25, -0.2) is 4.98 Å². The molecule has 0 unspecified atom stereocenters. The second-order valence-electron chi connectivity index (χ2n) is 6.54. The summed E-state index contributed by atoms with van der Waals surface area (Å²) in [5.74, 6) is 1.18. The lowest BCUT2D eigenvalue weighted by Crippen LogP contribution is -2.21. The summed E-state index contributed by atoms with van der Waals surface area (Å²) in [6.07, 6.45) is -1.98. The first-order chi connectivity index (χ1) is 13.4. The number of nitrogens with zero attached hydrogens (tertiary/aromatic N) is 2. The van der Waals surface area contributed by atoms with Crippen LogP contribution in [0.3, 0.4) is 0 Å². The minimum Gasteiger partial charge on any atom is -0.494 e. The second-order valence-corrected chi connectivity index (χ2v) is 6.54. The first kappa shape index (κ1) is 18.3. The predicted molar refractivity (Wildman–Crippen MR) is 101 cm³/mol. The van der Waals surface area contributed by atoms with E-state index < -0.39 is 11.7 Å². The Balaban J connectivity index is 1.79. The maximum atomic E-state index is 13.0. The van der Waals surface area contributed by atoms with E-state index in [2.05, 4.69) is 4.98 Å². The second kappa shape index (κ2) is 6.82. The molecule has 144 valence electrons. The van der Waals surface area contributed by atoms with Crippen molar-refractivity contribution < 1.29 is 17.9 Å². The lowest BCUT2D eigenvalue weighted by Gasteiger charge is -2.09. The van der Waals surface area contributed by atoms with Gasteiger partial charge >= 0.3 is 6.18 Å². The quantitative estimate of drug-likeness (QED) is 0.652. The van der Waals surface area contributed by atoms with Crippen LogP contribution >= 0.6 is 0 Å². The molecule has 0 spiro atoms. The maximum absolute atomic E-state index is 13.0. The van der Waals surface area contributed by atoms with Gasteiger partial charge in [0.2, 0.25) is 0 Å². The van der Waals surface area contributed by atoms with Gasteiger partial charge in [0, 0.05) is 6.54 Å². The van der Waals surface area contributed by atoms with Crippen LogP contribution < -0.4 is 10.3 Å². The number of hydrogen-bond donors (Lipinski definition) is 0. The van der Waals surface area contributed by atoms with Gasteiger partial charge in [-0.3, -0.25) is 9.36 Å². The van der Waals surface area contributed by atoms with Crippen LogP contribution in [0.25, 0.3) is 22.6 Å². The molecule has 0 bridgehead atoms. The molecule has 0 radical (unpaired) electrons. The molecule has 28 heavy (non-hydrogen) atoms. The summed E-state index contributed by atoms with van der Waals surface area (Å²) in [6.45, 7) is 2.94. The monoisotopic (exact) mass is 386 g/mol. The number of fused-ring (bicyclic) bond motifs is 2. The molecule has 3 aromatic rings. The fourth-order valence-corrected chi connectivity index (χ4v) is 3.36. The van der Waals surface area contributed by atoms with E-state index in [4.69, 9.17) is 4.74 Å². The molecule has 4 nitrogen and oxygen atoms in total. The molecule has 7 heteroatoms. The van der Waals surface area contributed by atoms with E-state index in [-0.39, 0.29) is 16.5 Å². The highest BCUT2D eigenvalue weighted by Gasteiger charge is 2.31. The van der Waals surface area contributed by atoms with E-state index in [1.807, 2.05) is 37.3 Å². The zero-order valence-corrected chi connectivity index (χ0v) is 15.1. The van der Waals surface area contributed by atoms with Crippen molar-refractivity contribution in [2.75, 3.05) is 6.61 Å². The van der Waals surface area contributed by atoms with Crippen LogP contribution in [-0.4, -0.2) is 16.2 Å². The number of halogens is 3. The summed E-state index contributed by atoms with van der Waals surface area (Å²) in [5.41, 5.74) is 0.659. The summed E-state index contributed by atoms with van der Waals surface area (Å²) >= 11 is 0. The topological polar surface area (TPSA) is 44.1 Å². The molecular weight excluding hydrogens is 369 g/mol. The Labute approximate surface area is 158 Å². The van der Waals surface area contributed by atoms with E-state index in [0.717, 1.165) is 29.0 Å². The summed E-state index contributed by atoms with van der Waals surface area (Å²) in [5, 5.41) is 0.194. The van der Waals surface area contributed by atoms with E-state index in [0.29, 0.717) is 25.4 Å². The molecule has 0 aliphatic carbocycles. The van der Waals surface area contributed by atoms with Crippen molar-refractivity contribution in [3.63, 3.8) is 0 Å². The van der Waals surface area contributed by atoms with Crippen molar-refractivity contribution in [2.45, 2.75) is 26.1 Å². The smallest absolute Gasteiger partial charge is 0.416 e. The van der Waals surface area contributed by atoms with Gasteiger partial charge < -0.3 is 4.74 Å². The highest BCUT2D eigenvalue weighted by Crippen LogP contribution is 2.32. The highest BCUT2D eigenvalue weighted by atomic mass is 19.4. The molecule has 0 atom stereocenters. The predicted octanol–water partition coefficient (Wildman–Crippen LogP) is 4.76. The third-order valence-corrected chi connectivity index (χ3v) is 4.71. The Hall–Kier alpha value is -3.09. The first-order valence-corrected chi connectivity index (χ1v) is 8.92. The number of ether oxygens (including phenoxy) is 1. The average molecular weight is 386 g/mol. The van der Waals surface area contributed by atoms with Crippen molar-refractivity contribution in [2.24, 2.45) is 0 Å². The molecule has 0 saturated carbocycles. The summed E-state index contributed by atoms with van der Waals surface area (Å²) in [7, 11) is 0. The van der Waals surface area contributed by atoms with Gasteiger partial charge in [0.25, 0.3) is 5.56 Å². The molecular formula is C21H17F3N2O2. The Bertz CT molecular complexity index is 1130. The number of allylic oxidation sites excluding steroid dienone is 1. The molecule has 2 heterocycles. The van der Waals surface area contributed by atoms with Crippen molar-refractivity contribution in [3.05, 3.63) is 69.8 Å². The zero-order valence-electron chi connectivity index (χ0n) is 15.1. The number of aromatic nitrogens is 2. The Kier molecular flexibility index (Phi) is 4.45. The number of alkyl halides is 3. The normalized spacial score (nSPS) is 15.2. The van der Waals surface area contributed by atoms with Crippen molar-refractivity contribution in [1.82, 2.24) is 9.55 Å². The van der Waals surface area contributed by atoms with Gasteiger partial charge in [-0.2, -0.15) is 13.2 Å². The standard InChI is InChI=1S/C21H17F3N2O2/c1-2-28-16-6-3-13(4-7-16)11-14-9-10-26-19(14)25-18-12-15(21(22,23)24)5-8-17(18)20(26)27/h3-8,11-12H,2,9-10H2,1H3/b14-11+. The third-order valence-electron chi connectivity index (χ3n) is 4.71. The minimum atomic E-state index is -4.48. The van der Waals surface area contributed by atoms with Crippen LogP contribution in [0.4, 0.5) is 13.2 Å². The average Bonchev–Trinajstić information content (AvgIpc) is 3.05. The van der Waals surface area contributed by atoms with Gasteiger partial charge in [-0.1, -0.05) is 12.1 Å². The molecule has 1 aliphatic rings. The fourth-order valence-electron chi connectivity index (χ4n) is 3.36. The Morgan fingerprint density at radius 1 is 1.18 bits per heavy atom. The first-order valence-electron chi connectivity index (χ1n) is 8.92. The molecule has 0 N–H and O–H groups in total. The summed E-state index contributed by atoms with van der Waals surface area (Å²) in [6, 6.07) is 10.5. The van der Waals surface area contributed by atoms with E-state index in [9.17, 15) is 18.0 Å². The third kappa shape index (κ3) is 3.28. The maximum Gasteiger partial charge on any atom is 0.416 e. The SMILES string of the molecule is CCOc1ccc(/C=C2\CCn3c2nc2cc(C(F)(F)F)ccc2c3=O)cc1. The van der Waals surface area contributed by atoms with Gasteiger partial charge in [0.05, 0.1) is 23.1 Å². The molecule has 1 aliphatic heterocycles. The van der Waals surface area contributed by atoms with Crippen molar-refractivity contribution >= 4 is 22.6 Å². The number of benzene rings is 2. The molecule has 1 aromatic heterocycles. The van der Waals surface area contributed by atoms with E-state index >= 15 is 0 Å². The van der Waals surface area contributed by atoms with Crippen LogP contribution in [0.2, 0.25) is 0 Å². The summed E-state index contributed by atoms with van der Waals surface area (Å²) in [4.78, 5) is 17.1. The Morgan fingerprint density at radius 3 is 2.61 bits per heavy atom. The molecule has 0 amide bonds. The largest absolute Gasteiger partial charge is 0.494 e. The minimum absolute atomic E-state index is 0.0607. The van der Waals surface area contributed by atoms with Crippen molar-refractivity contribution in [3.8, 4) is 5.75 Å². The van der Waals surface area contributed by atoms with Crippen LogP contribution in [0.5, 0.6) is 5.75 Å². The van der Waals surface area contributed by atoms with E-state index in [1.165, 1.54) is 10.6 Å². The van der Waals surface area contributed by atoms with Gasteiger partial charge in [-0.05, 0) is 60.9 Å². The van der Waals surface area contributed by atoms with E-state index in [1.54, 1.807) is 0 Å². The number of hydrogen-bond acceptors (Lipinski definition) is 3. The van der Waals surface area contributed by atoms with Gasteiger partial charge in [0.1, 0.15) is 11.6 Å². The lowest BCUT2D eigenvalue weighted by molar-refractivity contribution is -0.137. The van der Waals surface area contributed by atoms with Crippen LogP contribution in [0, 0.1) is 0 Å². The van der Waals surface area contributed by atoms with Crippen LogP contribution in [0.15, 0.2) is 47.3 Å².